The molecule has 0 unspecified atom stereocenters. The summed E-state index contributed by atoms with van der Waals surface area (Å²) < 4.78 is 21.7. The molecule has 2 aromatic carbocycles. The van der Waals surface area contributed by atoms with Crippen molar-refractivity contribution in [3.05, 3.63) is 53.7 Å². The third-order valence-electron chi connectivity index (χ3n) is 4.40. The van der Waals surface area contributed by atoms with E-state index in [1.54, 1.807) is 14.2 Å². The zero-order chi connectivity index (χ0) is 19.9. The number of esters is 1. The van der Waals surface area contributed by atoms with Gasteiger partial charge in [-0.1, -0.05) is 13.0 Å². The first-order valence-electron chi connectivity index (χ1n) is 9.24. The lowest BCUT2D eigenvalue weighted by Crippen LogP contribution is -2.08. The molecular formula is C22H25NO5. The molecule has 6 heteroatoms. The molecule has 3 aromatic rings. The zero-order valence-electron chi connectivity index (χ0n) is 16.4. The standard InChI is InChI=1S/C22H25NO5/c1-4-9-27-20-8-5-15(10-21(20)26-3)14-28-22(24)11-16-13-23-19-7-6-17(25-2)12-18(16)19/h5-8,10,12-13,23H,4,9,11,14H2,1-3H3. The van der Waals surface area contributed by atoms with Crippen LogP contribution in [-0.2, 0) is 22.6 Å². The summed E-state index contributed by atoms with van der Waals surface area (Å²) in [6.07, 6.45) is 2.93. The largest absolute Gasteiger partial charge is 0.497 e. The Kier molecular flexibility index (Phi) is 6.42. The quantitative estimate of drug-likeness (QED) is 0.559. The lowest BCUT2D eigenvalue weighted by atomic mass is 10.1. The van der Waals surface area contributed by atoms with Crippen molar-refractivity contribution < 1.29 is 23.7 Å². The van der Waals surface area contributed by atoms with Crippen LogP contribution in [0.25, 0.3) is 10.9 Å². The van der Waals surface area contributed by atoms with Gasteiger partial charge in [0.1, 0.15) is 12.4 Å². The highest BCUT2D eigenvalue weighted by molar-refractivity contribution is 5.88. The summed E-state index contributed by atoms with van der Waals surface area (Å²) in [7, 11) is 3.21. The minimum Gasteiger partial charge on any atom is -0.497 e. The number of aromatic nitrogens is 1. The van der Waals surface area contributed by atoms with Gasteiger partial charge in [0.15, 0.2) is 11.5 Å². The van der Waals surface area contributed by atoms with Crippen LogP contribution in [0.3, 0.4) is 0 Å². The van der Waals surface area contributed by atoms with Gasteiger partial charge in [0.2, 0.25) is 0 Å². The molecule has 0 atom stereocenters. The highest BCUT2D eigenvalue weighted by Crippen LogP contribution is 2.29. The topological polar surface area (TPSA) is 69.8 Å². The average Bonchev–Trinajstić information content (AvgIpc) is 3.12. The molecule has 1 heterocycles. The molecule has 6 nitrogen and oxygen atoms in total. The molecule has 0 saturated heterocycles. The molecule has 0 spiro atoms. The molecular weight excluding hydrogens is 358 g/mol. The van der Waals surface area contributed by atoms with Crippen LogP contribution in [0, 0.1) is 0 Å². The van der Waals surface area contributed by atoms with E-state index in [2.05, 4.69) is 4.98 Å². The number of nitrogens with one attached hydrogen (secondary N) is 1. The zero-order valence-corrected chi connectivity index (χ0v) is 16.4. The molecule has 0 aliphatic heterocycles. The summed E-state index contributed by atoms with van der Waals surface area (Å²) >= 11 is 0. The van der Waals surface area contributed by atoms with Crippen molar-refractivity contribution >= 4 is 16.9 Å². The minimum atomic E-state index is -0.297. The van der Waals surface area contributed by atoms with Gasteiger partial charge < -0.3 is 23.9 Å². The van der Waals surface area contributed by atoms with E-state index < -0.39 is 0 Å². The van der Waals surface area contributed by atoms with Crippen LogP contribution in [0.5, 0.6) is 17.2 Å². The number of carbonyl (C=O) groups is 1. The van der Waals surface area contributed by atoms with Crippen molar-refractivity contribution in [1.29, 1.82) is 0 Å². The summed E-state index contributed by atoms with van der Waals surface area (Å²) in [4.78, 5) is 15.5. The monoisotopic (exact) mass is 383 g/mol. The van der Waals surface area contributed by atoms with Crippen molar-refractivity contribution in [1.82, 2.24) is 4.98 Å². The predicted molar refractivity (Wildman–Crippen MR) is 107 cm³/mol. The summed E-state index contributed by atoms with van der Waals surface area (Å²) in [6, 6.07) is 11.3. The van der Waals surface area contributed by atoms with Crippen molar-refractivity contribution in [2.24, 2.45) is 0 Å². The Morgan fingerprint density at radius 3 is 2.64 bits per heavy atom. The van der Waals surface area contributed by atoms with Crippen LogP contribution >= 0.6 is 0 Å². The second-order valence-electron chi connectivity index (χ2n) is 6.40. The Balaban J connectivity index is 1.63. The molecule has 0 aliphatic rings. The highest BCUT2D eigenvalue weighted by atomic mass is 16.5. The van der Waals surface area contributed by atoms with Crippen LogP contribution in [0.2, 0.25) is 0 Å². The molecule has 0 fully saturated rings. The maximum atomic E-state index is 12.3. The number of benzene rings is 2. The van der Waals surface area contributed by atoms with Gasteiger partial charge in [0.05, 0.1) is 27.2 Å². The Morgan fingerprint density at radius 1 is 1.04 bits per heavy atom. The number of methoxy groups -OCH3 is 2. The van der Waals surface area contributed by atoms with Gasteiger partial charge in [-0.25, -0.2) is 0 Å². The molecule has 148 valence electrons. The van der Waals surface area contributed by atoms with E-state index in [-0.39, 0.29) is 19.0 Å². The maximum absolute atomic E-state index is 12.3. The van der Waals surface area contributed by atoms with Crippen LogP contribution in [-0.4, -0.2) is 31.8 Å². The smallest absolute Gasteiger partial charge is 0.310 e. The van der Waals surface area contributed by atoms with Gasteiger partial charge in [-0.2, -0.15) is 0 Å². The summed E-state index contributed by atoms with van der Waals surface area (Å²) in [6.45, 7) is 2.85. The summed E-state index contributed by atoms with van der Waals surface area (Å²) in [5, 5.41) is 0.954. The third kappa shape index (κ3) is 4.57. The Hall–Kier alpha value is -3.15. The van der Waals surface area contributed by atoms with Gasteiger partial charge in [0.25, 0.3) is 0 Å². The van der Waals surface area contributed by atoms with Gasteiger partial charge in [-0.15, -0.1) is 0 Å². The minimum absolute atomic E-state index is 0.176. The van der Waals surface area contributed by atoms with Gasteiger partial charge in [-0.3, -0.25) is 4.79 Å². The molecule has 0 bridgehead atoms. The molecule has 0 saturated carbocycles. The third-order valence-corrected chi connectivity index (χ3v) is 4.40. The number of carbonyl (C=O) groups excluding carboxylic acids is 1. The number of ether oxygens (including phenoxy) is 4. The first-order valence-corrected chi connectivity index (χ1v) is 9.24. The second kappa shape index (κ2) is 9.17. The predicted octanol–water partition coefficient (Wildman–Crippen LogP) is 4.26. The van der Waals surface area contributed by atoms with E-state index in [1.807, 2.05) is 49.5 Å². The van der Waals surface area contributed by atoms with E-state index in [9.17, 15) is 4.79 Å². The SMILES string of the molecule is CCCOc1ccc(COC(=O)Cc2c[nH]c3ccc(OC)cc23)cc1OC. The first-order chi connectivity index (χ1) is 13.6. The molecule has 0 aliphatic carbocycles. The van der Waals surface area contributed by atoms with Crippen LogP contribution < -0.4 is 14.2 Å². The normalized spacial score (nSPS) is 10.7. The van der Waals surface area contributed by atoms with E-state index in [4.69, 9.17) is 18.9 Å². The molecule has 0 amide bonds. The number of fused-ring (bicyclic) bond motifs is 1. The van der Waals surface area contributed by atoms with E-state index >= 15 is 0 Å². The average molecular weight is 383 g/mol. The molecule has 28 heavy (non-hydrogen) atoms. The highest BCUT2D eigenvalue weighted by Gasteiger charge is 2.12. The summed E-state index contributed by atoms with van der Waals surface area (Å²) in [5.41, 5.74) is 2.67. The van der Waals surface area contributed by atoms with Gasteiger partial charge in [0, 0.05) is 17.1 Å². The molecule has 1 N–H and O–H groups in total. The molecule has 3 rings (SSSR count). The van der Waals surface area contributed by atoms with Crippen molar-refractivity contribution in [2.75, 3.05) is 20.8 Å². The van der Waals surface area contributed by atoms with Crippen LogP contribution in [0.1, 0.15) is 24.5 Å². The first kappa shape index (κ1) is 19.6. The number of rotatable bonds is 9. The van der Waals surface area contributed by atoms with Gasteiger partial charge >= 0.3 is 5.97 Å². The number of hydrogen-bond donors (Lipinski definition) is 1. The number of H-pyrrole nitrogens is 1. The van der Waals surface area contributed by atoms with Crippen molar-refractivity contribution in [3.63, 3.8) is 0 Å². The number of aromatic amines is 1. The Morgan fingerprint density at radius 2 is 1.89 bits per heavy atom. The Labute approximate surface area is 164 Å². The summed E-state index contributed by atoms with van der Waals surface area (Å²) in [5.74, 6) is 1.77. The van der Waals surface area contributed by atoms with Crippen LogP contribution in [0.15, 0.2) is 42.6 Å². The fourth-order valence-electron chi connectivity index (χ4n) is 2.93. The van der Waals surface area contributed by atoms with Crippen molar-refractivity contribution in [3.8, 4) is 17.2 Å². The fraction of sp³-hybridized carbons (Fsp3) is 0.318. The number of hydrogen-bond acceptors (Lipinski definition) is 5. The lowest BCUT2D eigenvalue weighted by Gasteiger charge is -2.12. The van der Waals surface area contributed by atoms with E-state index in [0.29, 0.717) is 18.1 Å². The molecule has 0 radical (unpaired) electrons. The fourth-order valence-corrected chi connectivity index (χ4v) is 2.93. The molecule has 1 aromatic heterocycles. The maximum Gasteiger partial charge on any atom is 0.310 e. The Bertz CT molecular complexity index is 947. The van der Waals surface area contributed by atoms with E-state index in [0.717, 1.165) is 34.2 Å². The van der Waals surface area contributed by atoms with Crippen molar-refractivity contribution in [2.45, 2.75) is 26.4 Å². The lowest BCUT2D eigenvalue weighted by molar-refractivity contribution is -0.144. The van der Waals surface area contributed by atoms with Gasteiger partial charge in [-0.05, 0) is 47.9 Å². The van der Waals surface area contributed by atoms with E-state index in [1.165, 1.54) is 0 Å². The van der Waals surface area contributed by atoms with Crippen LogP contribution in [0.4, 0.5) is 0 Å². The second-order valence-corrected chi connectivity index (χ2v) is 6.40.